The van der Waals surface area contributed by atoms with Gasteiger partial charge in [-0.1, -0.05) is 10.8 Å². The third-order valence-corrected chi connectivity index (χ3v) is 2.94. The average molecular weight is 284 g/mol. The molecule has 86 valence electrons. The van der Waals surface area contributed by atoms with Gasteiger partial charge in [-0.3, -0.25) is 4.79 Å². The lowest BCUT2D eigenvalue weighted by Crippen LogP contribution is -2.32. The Hall–Kier alpha value is 0.180. The Balaban J connectivity index is -0.000000605. The molecule has 0 heterocycles. The fraction of sp³-hybridized carbons (Fsp3) is 0.600. The minimum atomic E-state index is -1.08. The van der Waals surface area contributed by atoms with Crippen LogP contribution < -0.4 is 5.73 Å². The van der Waals surface area contributed by atoms with Crippen molar-refractivity contribution in [2.45, 2.75) is 6.04 Å². The Kier molecular flexibility index (Phi) is 15.8. The van der Waals surface area contributed by atoms with E-state index < -0.39 is 17.3 Å². The first-order chi connectivity index (χ1) is 5.57. The van der Waals surface area contributed by atoms with Crippen molar-refractivity contribution >= 4 is 57.7 Å². The first-order valence-corrected chi connectivity index (χ1v) is 5.25. The molecule has 0 aliphatic heterocycles. The quantitative estimate of drug-likeness (QED) is 0.595. The number of methoxy groups -OCH3 is 1. The predicted molar refractivity (Wildman–Crippen MR) is 62.6 cm³/mol. The zero-order valence-electron chi connectivity index (χ0n) is 7.17. The number of hydrogen-bond acceptors (Lipinski definition) is 6. The Bertz CT molecular complexity index is 183. The number of carboxylic acid groups (broad SMARTS) is 1. The van der Waals surface area contributed by atoms with Crippen LogP contribution >= 0.6 is 46.4 Å². The van der Waals surface area contributed by atoms with E-state index >= 15 is 0 Å². The first kappa shape index (κ1) is 19.7. The Morgan fingerprint density at radius 3 is 2.36 bits per heavy atom. The lowest BCUT2D eigenvalue weighted by molar-refractivity contribution is -0.137. The molecular formula is C5H11Cl2NO4S2. The van der Waals surface area contributed by atoms with Crippen LogP contribution in [-0.2, 0) is 9.53 Å². The molecule has 0 fully saturated rings. The van der Waals surface area contributed by atoms with Gasteiger partial charge < -0.3 is 15.6 Å². The van der Waals surface area contributed by atoms with Crippen molar-refractivity contribution in [2.75, 3.05) is 12.9 Å². The van der Waals surface area contributed by atoms with Crippen molar-refractivity contribution in [2.24, 2.45) is 5.73 Å². The fourth-order valence-electron chi connectivity index (χ4n) is 0.261. The van der Waals surface area contributed by atoms with Gasteiger partial charge in [0.25, 0.3) is 0 Å². The Morgan fingerprint density at radius 1 is 1.50 bits per heavy atom. The van der Waals surface area contributed by atoms with E-state index in [0.29, 0.717) is 0 Å². The number of carboxylic acids is 1. The number of ether oxygens (including phenoxy) is 1. The van der Waals surface area contributed by atoms with E-state index in [4.69, 9.17) is 10.8 Å². The second kappa shape index (κ2) is 11.3. The lowest BCUT2D eigenvalue weighted by Gasteiger charge is -2.03. The molecule has 5 nitrogen and oxygen atoms in total. The van der Waals surface area contributed by atoms with E-state index in [-0.39, 0.29) is 30.6 Å². The molecule has 0 rings (SSSR count). The molecule has 0 aliphatic carbocycles. The molecule has 14 heavy (non-hydrogen) atoms. The van der Waals surface area contributed by atoms with E-state index in [2.05, 4.69) is 4.74 Å². The highest BCUT2D eigenvalue weighted by Crippen LogP contribution is 2.23. The summed E-state index contributed by atoms with van der Waals surface area (Å²) in [6.07, 6.45) is 0. The third kappa shape index (κ3) is 10.3. The van der Waals surface area contributed by atoms with Crippen molar-refractivity contribution in [1.82, 2.24) is 0 Å². The number of carbonyl (C=O) groups is 2. The van der Waals surface area contributed by atoms with Crippen LogP contribution in [0.25, 0.3) is 0 Å². The van der Waals surface area contributed by atoms with Crippen molar-refractivity contribution in [3.8, 4) is 0 Å². The zero-order chi connectivity index (χ0) is 9.56. The van der Waals surface area contributed by atoms with E-state index in [9.17, 15) is 9.59 Å². The summed E-state index contributed by atoms with van der Waals surface area (Å²) in [5.74, 6) is -0.900. The molecule has 0 saturated carbocycles. The van der Waals surface area contributed by atoms with Gasteiger partial charge in [0.2, 0.25) is 0 Å². The Morgan fingerprint density at radius 2 is 2.00 bits per heavy atom. The summed E-state index contributed by atoms with van der Waals surface area (Å²) < 4.78 is 4.31. The molecule has 9 heteroatoms. The van der Waals surface area contributed by atoms with Crippen LogP contribution in [-0.4, -0.2) is 35.3 Å². The number of halogens is 2. The van der Waals surface area contributed by atoms with Crippen molar-refractivity contribution in [3.05, 3.63) is 0 Å². The maximum absolute atomic E-state index is 10.5. The van der Waals surface area contributed by atoms with Crippen LogP contribution in [0.4, 0.5) is 4.79 Å². The predicted octanol–water partition coefficient (Wildman–Crippen LogP) is 1.39. The van der Waals surface area contributed by atoms with Gasteiger partial charge in [-0.2, -0.15) is 0 Å². The van der Waals surface area contributed by atoms with Crippen LogP contribution in [0.5, 0.6) is 0 Å². The summed E-state index contributed by atoms with van der Waals surface area (Å²) in [5.41, 5.74) is 5.16. The van der Waals surface area contributed by atoms with E-state index in [1.165, 1.54) is 7.11 Å². The highest BCUT2D eigenvalue weighted by atomic mass is 35.5. The van der Waals surface area contributed by atoms with Gasteiger partial charge in [0.05, 0.1) is 7.11 Å². The number of carbonyl (C=O) groups excluding carboxylic acids is 1. The van der Waals surface area contributed by atoms with Gasteiger partial charge in [0, 0.05) is 16.5 Å². The summed E-state index contributed by atoms with van der Waals surface area (Å²) in [7, 11) is 3.15. The second-order valence-electron chi connectivity index (χ2n) is 1.77. The molecule has 0 aromatic carbocycles. The molecule has 0 aliphatic rings. The zero-order valence-corrected chi connectivity index (χ0v) is 10.4. The third-order valence-electron chi connectivity index (χ3n) is 0.858. The standard InChI is InChI=1S/C5H9NO4S2.2ClH/c1-10-5(9)12-11-2-3(6)4(7)8;;/h3H,2,6H2,1H3,(H,7,8);2*1H/t3-;;/m0../s1. The number of aliphatic carboxylic acids is 1. The number of rotatable bonds is 4. The summed E-state index contributed by atoms with van der Waals surface area (Å²) in [6.45, 7) is 0. The fourth-order valence-corrected chi connectivity index (χ4v) is 1.92. The molecule has 0 unspecified atom stereocenters. The SMILES string of the molecule is COC(=O)SSC[C@H](N)C(=O)O.Cl.Cl. The lowest BCUT2D eigenvalue weighted by atomic mass is 10.4. The Labute approximate surface area is 102 Å². The van der Waals surface area contributed by atoms with E-state index in [0.717, 1.165) is 21.6 Å². The molecule has 3 N–H and O–H groups in total. The molecule has 0 aromatic rings. The second-order valence-corrected chi connectivity index (χ2v) is 4.04. The smallest absolute Gasteiger partial charge is 0.377 e. The highest BCUT2D eigenvalue weighted by Gasteiger charge is 2.12. The molecular weight excluding hydrogens is 273 g/mol. The summed E-state index contributed by atoms with van der Waals surface area (Å²) >= 11 is 0. The monoisotopic (exact) mass is 283 g/mol. The van der Waals surface area contributed by atoms with Crippen LogP contribution in [0.3, 0.4) is 0 Å². The van der Waals surface area contributed by atoms with Gasteiger partial charge in [-0.25, -0.2) is 4.79 Å². The molecule has 0 aromatic heterocycles. The maximum Gasteiger partial charge on any atom is 0.377 e. The minimum absolute atomic E-state index is 0. The number of nitrogens with two attached hydrogens (primary N) is 1. The van der Waals surface area contributed by atoms with Crippen LogP contribution in [0.15, 0.2) is 0 Å². The molecule has 0 radical (unpaired) electrons. The topological polar surface area (TPSA) is 89.6 Å². The molecule has 0 bridgehead atoms. The largest absolute Gasteiger partial charge is 0.480 e. The molecule has 0 saturated heterocycles. The first-order valence-electron chi connectivity index (χ1n) is 2.93. The van der Waals surface area contributed by atoms with Crippen molar-refractivity contribution in [1.29, 1.82) is 0 Å². The van der Waals surface area contributed by atoms with Crippen LogP contribution in [0.2, 0.25) is 0 Å². The normalized spacial score (nSPS) is 10.4. The molecule has 0 spiro atoms. The summed E-state index contributed by atoms with van der Waals surface area (Å²) in [6, 6.07) is -0.938. The average Bonchev–Trinajstić information content (AvgIpc) is 2.03. The number of hydrogen-bond donors (Lipinski definition) is 2. The van der Waals surface area contributed by atoms with Crippen molar-refractivity contribution < 1.29 is 19.4 Å². The highest BCUT2D eigenvalue weighted by molar-refractivity contribution is 8.82. The van der Waals surface area contributed by atoms with Gasteiger partial charge in [-0.05, 0) is 0 Å². The van der Waals surface area contributed by atoms with Gasteiger partial charge in [-0.15, -0.1) is 24.8 Å². The van der Waals surface area contributed by atoms with E-state index in [1.54, 1.807) is 0 Å². The van der Waals surface area contributed by atoms with E-state index in [1.807, 2.05) is 0 Å². The summed E-state index contributed by atoms with van der Waals surface area (Å²) in [4.78, 5) is 20.7. The van der Waals surface area contributed by atoms with Crippen LogP contribution in [0, 0.1) is 0 Å². The van der Waals surface area contributed by atoms with Gasteiger partial charge in [0.1, 0.15) is 6.04 Å². The molecule has 0 amide bonds. The van der Waals surface area contributed by atoms with Crippen molar-refractivity contribution in [3.63, 3.8) is 0 Å². The van der Waals surface area contributed by atoms with Gasteiger partial charge >= 0.3 is 11.3 Å². The molecule has 1 atom stereocenters. The summed E-state index contributed by atoms with van der Waals surface area (Å²) in [5, 5.41) is 7.88. The minimum Gasteiger partial charge on any atom is -0.480 e. The maximum atomic E-state index is 10.5. The van der Waals surface area contributed by atoms with Gasteiger partial charge in [0.15, 0.2) is 0 Å². The van der Waals surface area contributed by atoms with Crippen LogP contribution in [0.1, 0.15) is 0 Å².